The summed E-state index contributed by atoms with van der Waals surface area (Å²) in [6, 6.07) is 0. The number of aryl methyl sites for hydroxylation is 2. The largest absolute Gasteiger partial charge is 0.387 e. The van der Waals surface area contributed by atoms with E-state index in [1.165, 1.54) is 0 Å². The molecule has 0 fully saturated rings. The summed E-state index contributed by atoms with van der Waals surface area (Å²) in [5, 5.41) is 3.67. The molecular weight excluding hydrogens is 308 g/mol. The molecule has 1 rings (SSSR count). The Bertz CT molecular complexity index is 286. The predicted molar refractivity (Wildman–Crippen MR) is 35.5 cm³/mol. The van der Waals surface area contributed by atoms with Crippen LogP contribution in [-0.4, -0.2) is 14.8 Å². The number of hydrogen-bond acceptors (Lipinski definition) is 3. The smallest absolute Gasteiger partial charge is 0.122 e. The molecule has 0 unspecified atom stereocenters. The van der Waals surface area contributed by atoms with Crippen LogP contribution in [0.2, 0.25) is 0 Å². The molecule has 0 N–H and O–H groups in total. The summed E-state index contributed by atoms with van der Waals surface area (Å²) in [5.41, 5.74) is -0.394. The summed E-state index contributed by atoms with van der Waals surface area (Å²) in [7, 11) is 1.74. The molecule has 0 saturated carbocycles. The first kappa shape index (κ1) is 15.5. The molecule has 0 spiro atoms. The zero-order chi connectivity index (χ0) is 7.56. The molecule has 0 amide bonds. The van der Waals surface area contributed by atoms with Crippen molar-refractivity contribution >= 4 is 0 Å². The molecule has 0 aromatic carbocycles. The van der Waals surface area contributed by atoms with Crippen molar-refractivity contribution in [2.45, 2.75) is 13.3 Å². The van der Waals surface area contributed by atoms with E-state index in [2.05, 4.69) is 16.3 Å². The second-order valence-electron chi connectivity index (χ2n) is 1.92. The molecule has 0 aliphatic rings. The van der Waals surface area contributed by atoms with Crippen LogP contribution in [0.3, 0.4) is 0 Å². The Morgan fingerprint density at radius 2 is 2.08 bits per heavy atom. The zero-order valence-electron chi connectivity index (χ0n) is 7.11. The van der Waals surface area contributed by atoms with Crippen molar-refractivity contribution in [1.29, 1.82) is 0 Å². The van der Waals surface area contributed by atoms with Crippen molar-refractivity contribution in [2.75, 3.05) is 0 Å². The summed E-state index contributed by atoms with van der Waals surface area (Å²) >= 11 is 0. The zero-order valence-corrected chi connectivity index (χ0v) is 12.8. The van der Waals surface area contributed by atoms with E-state index in [0.717, 1.165) is 0 Å². The van der Waals surface area contributed by atoms with Crippen molar-refractivity contribution in [3.8, 4) is 0 Å². The minimum atomic E-state index is -0.394. The van der Waals surface area contributed by atoms with Gasteiger partial charge in [0.15, 0.2) is 0 Å². The van der Waals surface area contributed by atoms with Gasteiger partial charge in [0.25, 0.3) is 0 Å². The molecule has 2 radical (unpaired) electrons. The van der Waals surface area contributed by atoms with Crippen molar-refractivity contribution in [3.63, 3.8) is 0 Å². The molecule has 6 heteroatoms. The van der Waals surface area contributed by atoms with Crippen LogP contribution in [0.25, 0.3) is 0 Å². The van der Waals surface area contributed by atoms with Crippen LogP contribution in [0.4, 0.5) is 0 Å². The fourth-order valence-corrected chi connectivity index (χ4v) is 0.698. The molecule has 0 aliphatic heterocycles. The summed E-state index contributed by atoms with van der Waals surface area (Å²) in [4.78, 5) is 14.2. The van der Waals surface area contributed by atoms with Crippen LogP contribution in [0, 0.1) is 6.20 Å². The summed E-state index contributed by atoms with van der Waals surface area (Å²) in [6.07, 6.45) is 2.94. The fraction of sp³-hybridized carbons (Fsp3) is 0.500. The van der Waals surface area contributed by atoms with Crippen LogP contribution in [0.15, 0.2) is 4.79 Å². The van der Waals surface area contributed by atoms with Gasteiger partial charge >= 0.3 is 0 Å². The topological polar surface area (TPSA) is 47.8 Å². The maximum Gasteiger partial charge on any atom is 0.122 e. The molecule has 60 valence electrons. The van der Waals surface area contributed by atoms with Gasteiger partial charge in [0, 0.05) is 78.9 Å². The van der Waals surface area contributed by atoms with E-state index in [0.29, 0.717) is 12.2 Å². The Morgan fingerprint density at radius 3 is 2.50 bits per heavy atom. The van der Waals surface area contributed by atoms with Gasteiger partial charge in [-0.15, -0.1) is 0 Å². The predicted octanol–water partition coefficient (Wildman–Crippen LogP) is -0.467. The first-order valence-electron chi connectivity index (χ1n) is 3.06. The van der Waals surface area contributed by atoms with E-state index in [1.807, 2.05) is 6.92 Å². The molecule has 0 atom stereocenters. The average molecular weight is 316 g/mol. The van der Waals surface area contributed by atoms with Gasteiger partial charge in [0.05, 0.1) is 0 Å². The number of aromatic nitrogens is 3. The quantitative estimate of drug-likeness (QED) is 0.659. The molecule has 0 saturated heterocycles. The third-order valence-corrected chi connectivity index (χ3v) is 1.22. The minimum Gasteiger partial charge on any atom is -0.387 e. The van der Waals surface area contributed by atoms with Crippen molar-refractivity contribution in [2.24, 2.45) is 7.05 Å². The van der Waals surface area contributed by atoms with Crippen molar-refractivity contribution in [1.82, 2.24) is 14.8 Å². The van der Waals surface area contributed by atoms with Crippen molar-refractivity contribution in [3.05, 3.63) is 22.4 Å². The van der Waals surface area contributed by atoms with E-state index in [4.69, 9.17) is 0 Å². The SMILES string of the molecule is CCc1nc(=O)[c-]nn1C.[Y].[Y]. The number of hydrogen-bond donors (Lipinski definition) is 0. The van der Waals surface area contributed by atoms with E-state index >= 15 is 0 Å². The van der Waals surface area contributed by atoms with Crippen LogP contribution in [-0.2, 0) is 78.9 Å². The van der Waals surface area contributed by atoms with Crippen LogP contribution >= 0.6 is 0 Å². The standard InChI is InChI=1S/C6H8N3O.2Y/c1-3-5-8-6(10)4-7-9(5)2;;/h3H2,1-2H3;;/q-1;;. The first-order chi connectivity index (χ1) is 4.74. The van der Waals surface area contributed by atoms with Gasteiger partial charge in [-0.25, -0.2) is 4.98 Å². The Morgan fingerprint density at radius 1 is 1.50 bits per heavy atom. The van der Waals surface area contributed by atoms with Crippen molar-refractivity contribution < 1.29 is 65.4 Å². The van der Waals surface area contributed by atoms with Crippen LogP contribution in [0.5, 0.6) is 0 Å². The van der Waals surface area contributed by atoms with Crippen LogP contribution in [0.1, 0.15) is 12.7 Å². The van der Waals surface area contributed by atoms with Gasteiger partial charge in [-0.2, -0.15) is 0 Å². The third-order valence-electron chi connectivity index (χ3n) is 1.22. The number of nitrogens with zero attached hydrogens (tertiary/aromatic N) is 3. The molecule has 1 heterocycles. The Balaban J connectivity index is 0. The Kier molecular flexibility index (Phi) is 9.58. The van der Waals surface area contributed by atoms with E-state index < -0.39 is 5.56 Å². The normalized spacial score (nSPS) is 8.17. The molecule has 4 nitrogen and oxygen atoms in total. The van der Waals surface area contributed by atoms with Crippen LogP contribution < -0.4 is 5.56 Å². The van der Waals surface area contributed by atoms with E-state index in [1.54, 1.807) is 11.7 Å². The van der Waals surface area contributed by atoms with Gasteiger partial charge in [0.2, 0.25) is 0 Å². The molecule has 12 heavy (non-hydrogen) atoms. The van der Waals surface area contributed by atoms with E-state index in [-0.39, 0.29) is 65.4 Å². The second-order valence-corrected chi connectivity index (χ2v) is 1.92. The minimum absolute atomic E-state index is 0. The van der Waals surface area contributed by atoms with Gasteiger partial charge in [-0.05, 0) is 0 Å². The Hall–Kier alpha value is 1.02. The second kappa shape index (κ2) is 7.42. The molecule has 1 aromatic rings. The molecule has 1 aromatic heterocycles. The Labute approximate surface area is 121 Å². The van der Waals surface area contributed by atoms with E-state index in [9.17, 15) is 4.79 Å². The summed E-state index contributed by atoms with van der Waals surface area (Å²) in [6.45, 7) is 1.92. The van der Waals surface area contributed by atoms with Gasteiger partial charge < -0.3 is 9.89 Å². The van der Waals surface area contributed by atoms with Gasteiger partial charge in [-0.1, -0.05) is 6.92 Å². The fourth-order valence-electron chi connectivity index (χ4n) is 0.698. The maximum atomic E-state index is 10.6. The summed E-state index contributed by atoms with van der Waals surface area (Å²) in [5.74, 6) is 0.684. The summed E-state index contributed by atoms with van der Waals surface area (Å²) < 4.78 is 1.54. The number of rotatable bonds is 1. The molecule has 0 bridgehead atoms. The first-order valence-corrected chi connectivity index (χ1v) is 3.06. The maximum absolute atomic E-state index is 10.6. The molecular formula is C6H8N3OY2-. The van der Waals surface area contributed by atoms with Gasteiger partial charge in [-0.3, -0.25) is 10.9 Å². The average Bonchev–Trinajstić information content (AvgIpc) is 1.94. The molecule has 0 aliphatic carbocycles. The monoisotopic (exact) mass is 316 g/mol. The van der Waals surface area contributed by atoms with Gasteiger partial charge in [0.1, 0.15) is 11.4 Å². The third kappa shape index (κ3) is 4.31.